The highest BCUT2D eigenvalue weighted by Crippen LogP contribution is 2.39. The highest BCUT2D eigenvalue weighted by molar-refractivity contribution is 9.10. The lowest BCUT2D eigenvalue weighted by atomic mass is 10.1. The molecule has 1 aliphatic rings. The van der Waals surface area contributed by atoms with Crippen LogP contribution in [0.3, 0.4) is 0 Å². The van der Waals surface area contributed by atoms with Gasteiger partial charge in [0.1, 0.15) is 10.3 Å². The summed E-state index contributed by atoms with van der Waals surface area (Å²) in [6, 6.07) is 6.18. The standard InChI is InChI=1S/C21H20BrNO6S/c1-4-15-18(29-30(26,27)14-9-5-11(2)6-10-14)16-19(28-21(15)25)17(22)12(3)23(20(16)24)13-7-8-13/h5-6,9-10,13H,4,7-8H2,1-3H3. The molecule has 0 atom stereocenters. The molecule has 1 saturated carbocycles. The van der Waals surface area contributed by atoms with Crippen molar-refractivity contribution in [2.45, 2.75) is 51.0 Å². The van der Waals surface area contributed by atoms with Gasteiger partial charge in [0, 0.05) is 11.7 Å². The van der Waals surface area contributed by atoms with Crippen molar-refractivity contribution in [3.05, 3.63) is 66.3 Å². The molecule has 1 fully saturated rings. The van der Waals surface area contributed by atoms with Crippen molar-refractivity contribution >= 4 is 37.0 Å². The van der Waals surface area contributed by atoms with E-state index in [-0.39, 0.29) is 39.6 Å². The molecule has 3 aromatic rings. The summed E-state index contributed by atoms with van der Waals surface area (Å²) in [6.45, 7) is 5.26. The van der Waals surface area contributed by atoms with Crippen LogP contribution in [0.2, 0.25) is 0 Å². The maximum Gasteiger partial charge on any atom is 0.343 e. The van der Waals surface area contributed by atoms with E-state index < -0.39 is 21.3 Å². The van der Waals surface area contributed by atoms with Crippen molar-refractivity contribution < 1.29 is 17.0 Å². The van der Waals surface area contributed by atoms with E-state index >= 15 is 0 Å². The predicted molar refractivity (Wildman–Crippen MR) is 116 cm³/mol. The first-order valence-electron chi connectivity index (χ1n) is 9.57. The molecule has 2 heterocycles. The second kappa shape index (κ2) is 7.39. The Morgan fingerprint density at radius 1 is 1.17 bits per heavy atom. The van der Waals surface area contributed by atoms with Crippen LogP contribution in [0.5, 0.6) is 5.75 Å². The fourth-order valence-electron chi connectivity index (χ4n) is 3.48. The van der Waals surface area contributed by atoms with Gasteiger partial charge in [-0.25, -0.2) is 4.79 Å². The van der Waals surface area contributed by atoms with Crippen LogP contribution in [-0.4, -0.2) is 13.0 Å². The smallest absolute Gasteiger partial charge is 0.343 e. The van der Waals surface area contributed by atoms with Crippen LogP contribution >= 0.6 is 15.9 Å². The van der Waals surface area contributed by atoms with Crippen molar-refractivity contribution in [3.8, 4) is 5.75 Å². The van der Waals surface area contributed by atoms with Crippen LogP contribution in [-0.2, 0) is 16.5 Å². The van der Waals surface area contributed by atoms with Crippen LogP contribution in [0.15, 0.2) is 47.6 Å². The Balaban J connectivity index is 2.04. The van der Waals surface area contributed by atoms with Crippen LogP contribution < -0.4 is 15.4 Å². The van der Waals surface area contributed by atoms with E-state index in [1.54, 1.807) is 30.5 Å². The summed E-state index contributed by atoms with van der Waals surface area (Å²) < 4.78 is 38.8. The van der Waals surface area contributed by atoms with Gasteiger partial charge in [-0.05, 0) is 61.2 Å². The third kappa shape index (κ3) is 3.39. The van der Waals surface area contributed by atoms with Gasteiger partial charge in [-0.1, -0.05) is 24.6 Å². The monoisotopic (exact) mass is 493 g/mol. The molecule has 0 amide bonds. The topological polar surface area (TPSA) is 95.6 Å². The fourth-order valence-corrected chi connectivity index (χ4v) is 4.91. The van der Waals surface area contributed by atoms with Crippen LogP contribution in [0, 0.1) is 13.8 Å². The molecule has 4 rings (SSSR count). The summed E-state index contributed by atoms with van der Waals surface area (Å²) in [5.41, 5.74) is 0.345. The first-order valence-corrected chi connectivity index (χ1v) is 11.8. The number of pyridine rings is 1. The van der Waals surface area contributed by atoms with Gasteiger partial charge >= 0.3 is 15.7 Å². The summed E-state index contributed by atoms with van der Waals surface area (Å²) in [7, 11) is -4.27. The second-order valence-electron chi connectivity index (χ2n) is 7.41. The minimum atomic E-state index is -4.27. The third-order valence-electron chi connectivity index (χ3n) is 5.25. The normalized spacial score (nSPS) is 14.3. The van der Waals surface area contributed by atoms with Crippen molar-refractivity contribution in [2.75, 3.05) is 0 Å². The van der Waals surface area contributed by atoms with Gasteiger partial charge in [0.25, 0.3) is 5.56 Å². The van der Waals surface area contributed by atoms with Gasteiger partial charge in [-0.15, -0.1) is 0 Å². The number of aromatic nitrogens is 1. The van der Waals surface area contributed by atoms with Gasteiger partial charge in [0.05, 0.1) is 10.0 Å². The average Bonchev–Trinajstić information content (AvgIpc) is 3.51. The zero-order valence-corrected chi connectivity index (χ0v) is 19.1. The highest BCUT2D eigenvalue weighted by Gasteiger charge is 2.32. The third-order valence-corrected chi connectivity index (χ3v) is 7.42. The molecule has 0 N–H and O–H groups in total. The quantitative estimate of drug-likeness (QED) is 0.498. The Morgan fingerprint density at radius 3 is 2.37 bits per heavy atom. The van der Waals surface area contributed by atoms with Crippen LogP contribution in [0.25, 0.3) is 11.0 Å². The first-order chi connectivity index (χ1) is 14.2. The van der Waals surface area contributed by atoms with Gasteiger partial charge in [0.2, 0.25) is 0 Å². The average molecular weight is 494 g/mol. The SMILES string of the molecule is CCc1c(OS(=O)(=O)c2ccc(C)cc2)c2c(=O)n(C3CC3)c(C)c(Br)c2oc1=O. The van der Waals surface area contributed by atoms with E-state index in [1.165, 1.54) is 12.1 Å². The summed E-state index contributed by atoms with van der Waals surface area (Å²) >= 11 is 3.41. The van der Waals surface area contributed by atoms with Crippen LogP contribution in [0.4, 0.5) is 0 Å². The summed E-state index contributed by atoms with van der Waals surface area (Å²) in [6.07, 6.45) is 1.85. The Kier molecular flexibility index (Phi) is 5.14. The van der Waals surface area contributed by atoms with Crippen molar-refractivity contribution in [3.63, 3.8) is 0 Å². The molecule has 30 heavy (non-hydrogen) atoms. The van der Waals surface area contributed by atoms with Gasteiger partial charge in [0.15, 0.2) is 11.3 Å². The van der Waals surface area contributed by atoms with Crippen molar-refractivity contribution in [2.24, 2.45) is 0 Å². The molecule has 9 heteroatoms. The van der Waals surface area contributed by atoms with Crippen molar-refractivity contribution in [1.82, 2.24) is 4.57 Å². The number of fused-ring (bicyclic) bond motifs is 1. The number of rotatable bonds is 5. The van der Waals surface area contributed by atoms with E-state index in [1.807, 2.05) is 6.92 Å². The Bertz CT molecular complexity index is 1380. The first kappa shape index (κ1) is 20.9. The minimum Gasteiger partial charge on any atom is -0.421 e. The molecule has 0 saturated heterocycles. The number of aryl methyl sites for hydroxylation is 1. The molecule has 7 nitrogen and oxygen atoms in total. The lowest BCUT2D eigenvalue weighted by Crippen LogP contribution is -2.25. The fraction of sp³-hybridized carbons (Fsp3) is 0.333. The van der Waals surface area contributed by atoms with Crippen molar-refractivity contribution in [1.29, 1.82) is 0 Å². The van der Waals surface area contributed by atoms with Gasteiger partial charge < -0.3 is 13.2 Å². The van der Waals surface area contributed by atoms with E-state index in [2.05, 4.69) is 15.9 Å². The molecule has 1 aliphatic carbocycles. The van der Waals surface area contributed by atoms with Gasteiger partial charge in [-0.2, -0.15) is 8.42 Å². The Hall–Kier alpha value is -2.39. The molecule has 158 valence electrons. The maximum atomic E-state index is 13.4. The zero-order valence-electron chi connectivity index (χ0n) is 16.7. The minimum absolute atomic E-state index is 0.00777. The molecule has 2 aromatic heterocycles. The van der Waals surface area contributed by atoms with E-state index in [0.29, 0.717) is 10.2 Å². The number of benzene rings is 1. The number of nitrogens with zero attached hydrogens (tertiary/aromatic N) is 1. The lowest BCUT2D eigenvalue weighted by molar-refractivity contribution is 0.474. The lowest BCUT2D eigenvalue weighted by Gasteiger charge is -2.16. The molecule has 1 aromatic carbocycles. The number of hydrogen-bond donors (Lipinski definition) is 0. The molecule has 0 bridgehead atoms. The van der Waals surface area contributed by atoms with E-state index in [0.717, 1.165) is 18.4 Å². The summed E-state index contributed by atoms with van der Waals surface area (Å²) in [4.78, 5) is 25.9. The zero-order chi connectivity index (χ0) is 21.8. The number of halogens is 1. The molecule has 0 radical (unpaired) electrons. The summed E-state index contributed by atoms with van der Waals surface area (Å²) in [5.74, 6) is -0.260. The molecular weight excluding hydrogens is 474 g/mol. The predicted octanol–water partition coefficient (Wildman–Crippen LogP) is 4.00. The largest absolute Gasteiger partial charge is 0.421 e. The maximum absolute atomic E-state index is 13.4. The Labute approximate surface area is 181 Å². The highest BCUT2D eigenvalue weighted by atomic mass is 79.9. The van der Waals surface area contributed by atoms with E-state index in [4.69, 9.17) is 8.60 Å². The molecule has 0 aliphatic heterocycles. The molecular formula is C21H20BrNO6S. The second-order valence-corrected chi connectivity index (χ2v) is 9.75. The van der Waals surface area contributed by atoms with Crippen LogP contribution in [0.1, 0.15) is 42.6 Å². The number of hydrogen-bond acceptors (Lipinski definition) is 6. The summed E-state index contributed by atoms with van der Waals surface area (Å²) in [5, 5.41) is -0.0495. The Morgan fingerprint density at radius 2 is 1.80 bits per heavy atom. The van der Waals surface area contributed by atoms with E-state index in [9.17, 15) is 18.0 Å². The molecule has 0 unspecified atom stereocenters. The van der Waals surface area contributed by atoms with Gasteiger partial charge in [-0.3, -0.25) is 4.79 Å². The molecule has 0 spiro atoms.